The number of nitrogens with zero attached hydrogens (tertiary/aromatic N) is 6. The molecule has 20 heteroatoms. The molecule has 2 saturated heterocycles. The lowest BCUT2D eigenvalue weighted by molar-refractivity contribution is -0.285. The molecule has 2 aliphatic heterocycles. The molecule has 0 aliphatic carbocycles. The number of methoxy groups -OCH3 is 1. The third-order valence-corrected chi connectivity index (χ3v) is 5.63. The van der Waals surface area contributed by atoms with Gasteiger partial charge >= 0.3 is 29.8 Å². The van der Waals surface area contributed by atoms with Gasteiger partial charge in [0.05, 0.1) is 13.7 Å². The van der Waals surface area contributed by atoms with Crippen LogP contribution in [0.15, 0.2) is 10.2 Å². The molecule has 0 spiro atoms. The second-order valence-corrected chi connectivity index (χ2v) is 8.71. The van der Waals surface area contributed by atoms with Crippen LogP contribution in [0.3, 0.4) is 0 Å². The minimum atomic E-state index is -1.65. The lowest BCUT2D eigenvalue weighted by Gasteiger charge is -2.44. The Bertz CT molecular complexity index is 1110. The van der Waals surface area contributed by atoms with Gasteiger partial charge < -0.3 is 42.6 Å². The zero-order chi connectivity index (χ0) is 31.4. The molecule has 2 rings (SSSR count). The molecular weight excluding hydrogens is 572 g/mol. The molecule has 2 fully saturated rings. The van der Waals surface area contributed by atoms with Crippen molar-refractivity contribution in [3.63, 3.8) is 0 Å². The minimum absolute atomic E-state index is 0.453. The first-order chi connectivity index (χ1) is 19.9. The van der Waals surface area contributed by atoms with Crippen LogP contribution in [0.4, 0.5) is 0 Å². The Balaban J connectivity index is 2.55. The van der Waals surface area contributed by atoms with Gasteiger partial charge in [0, 0.05) is 37.5 Å². The van der Waals surface area contributed by atoms with E-state index in [1.807, 2.05) is 0 Å². The standard InChI is InChI=1S/C22H30N6O14/c1-9(29)35-7-14-18(20(39-12(4)32)22(41-14)36-8-15(33)34-5)42-21-16(26-28-24)19(38-11(3)31)17(37-10(2)30)13(40-21)6-25-27-23/h13-14,16-22H,6-8H2,1-5H3/t13-,14+,16+,17+,18+,19+,20+,21+,22+/m0/s1. The molecule has 232 valence electrons. The van der Waals surface area contributed by atoms with E-state index in [1.165, 1.54) is 0 Å². The lowest BCUT2D eigenvalue weighted by atomic mass is 9.96. The zero-order valence-corrected chi connectivity index (χ0v) is 23.2. The Morgan fingerprint density at radius 1 is 0.762 bits per heavy atom. The van der Waals surface area contributed by atoms with Gasteiger partial charge in [-0.05, 0) is 11.1 Å². The monoisotopic (exact) mass is 602 g/mol. The van der Waals surface area contributed by atoms with Crippen LogP contribution in [-0.2, 0) is 66.6 Å². The van der Waals surface area contributed by atoms with Gasteiger partial charge in [-0.15, -0.1) is 0 Å². The topological polar surface area (TPSA) is 266 Å². The number of hydrogen-bond donors (Lipinski definition) is 0. The highest BCUT2D eigenvalue weighted by Crippen LogP contribution is 2.35. The van der Waals surface area contributed by atoms with Crippen LogP contribution in [0, 0.1) is 0 Å². The van der Waals surface area contributed by atoms with Crippen molar-refractivity contribution >= 4 is 29.8 Å². The van der Waals surface area contributed by atoms with Crippen molar-refractivity contribution in [2.24, 2.45) is 10.2 Å². The molecule has 0 aromatic heterocycles. The molecular formula is C22H30N6O14. The molecule has 20 nitrogen and oxygen atoms in total. The number of carbonyl (C=O) groups excluding carboxylic acids is 5. The maximum absolute atomic E-state index is 12.0. The highest BCUT2D eigenvalue weighted by atomic mass is 16.8. The van der Waals surface area contributed by atoms with Crippen molar-refractivity contribution in [1.29, 1.82) is 0 Å². The number of esters is 5. The van der Waals surface area contributed by atoms with Crippen molar-refractivity contribution < 1.29 is 66.6 Å². The highest BCUT2D eigenvalue weighted by Gasteiger charge is 2.55. The van der Waals surface area contributed by atoms with E-state index in [9.17, 15) is 29.5 Å². The SMILES string of the molecule is COC(=O)CO[C@@H]1O[C@H](COC(C)=O)[C@@H](O[C@H]2O[C@@H](CN=[N+]=[N-])[C@@H](OC(C)=O)[C@H](OC(C)=O)[C@H]2N=[N+]=[N-])[C@H]1OC(C)=O. The largest absolute Gasteiger partial charge is 0.467 e. The van der Waals surface area contributed by atoms with Crippen molar-refractivity contribution in [2.75, 3.05) is 26.9 Å². The first-order valence-electron chi connectivity index (χ1n) is 12.3. The quantitative estimate of drug-likeness (QED) is 0.0905. The van der Waals surface area contributed by atoms with E-state index in [2.05, 4.69) is 24.8 Å². The van der Waals surface area contributed by atoms with Crippen LogP contribution in [0.5, 0.6) is 0 Å². The molecule has 2 aliphatic rings. The van der Waals surface area contributed by atoms with E-state index in [1.54, 1.807) is 0 Å². The van der Waals surface area contributed by atoms with Gasteiger partial charge in [-0.1, -0.05) is 10.2 Å². The van der Waals surface area contributed by atoms with E-state index >= 15 is 0 Å². The van der Waals surface area contributed by atoms with Crippen LogP contribution < -0.4 is 0 Å². The van der Waals surface area contributed by atoms with Crippen molar-refractivity contribution in [3.05, 3.63) is 20.9 Å². The second-order valence-electron chi connectivity index (χ2n) is 8.71. The third-order valence-electron chi connectivity index (χ3n) is 5.63. The number of azide groups is 2. The molecule has 2 heterocycles. The molecule has 0 amide bonds. The smallest absolute Gasteiger partial charge is 0.331 e. The molecule has 0 saturated carbocycles. The summed E-state index contributed by atoms with van der Waals surface area (Å²) < 4.78 is 48.6. The van der Waals surface area contributed by atoms with Gasteiger partial charge in [0.1, 0.15) is 37.6 Å². The van der Waals surface area contributed by atoms with Gasteiger partial charge in [0.15, 0.2) is 30.9 Å². The first-order valence-corrected chi connectivity index (χ1v) is 12.3. The maximum atomic E-state index is 12.0. The molecule has 0 unspecified atom stereocenters. The normalized spacial score (nSPS) is 30.1. The predicted molar refractivity (Wildman–Crippen MR) is 130 cm³/mol. The van der Waals surface area contributed by atoms with Gasteiger partial charge in [0.25, 0.3) is 0 Å². The summed E-state index contributed by atoms with van der Waals surface area (Å²) in [4.78, 5) is 64.5. The van der Waals surface area contributed by atoms with Crippen LogP contribution in [0.25, 0.3) is 20.9 Å². The fraction of sp³-hybridized carbons (Fsp3) is 0.773. The van der Waals surface area contributed by atoms with Gasteiger partial charge in [-0.3, -0.25) is 19.2 Å². The summed E-state index contributed by atoms with van der Waals surface area (Å²) in [7, 11) is 1.12. The summed E-state index contributed by atoms with van der Waals surface area (Å²) in [6, 6.07) is -1.53. The van der Waals surface area contributed by atoms with E-state index in [-0.39, 0.29) is 0 Å². The maximum Gasteiger partial charge on any atom is 0.331 e. The highest BCUT2D eigenvalue weighted by molar-refractivity contribution is 5.70. The fourth-order valence-electron chi connectivity index (χ4n) is 4.11. The van der Waals surface area contributed by atoms with E-state index in [4.69, 9.17) is 43.4 Å². The summed E-state index contributed by atoms with van der Waals surface area (Å²) in [5.74, 6) is -3.99. The minimum Gasteiger partial charge on any atom is -0.467 e. The van der Waals surface area contributed by atoms with E-state index in [0.29, 0.717) is 0 Å². The van der Waals surface area contributed by atoms with Crippen LogP contribution in [0.1, 0.15) is 27.7 Å². The molecule has 9 atom stereocenters. The summed E-state index contributed by atoms with van der Waals surface area (Å²) in [6.45, 7) is 2.77. The lowest BCUT2D eigenvalue weighted by Crippen LogP contribution is -2.62. The van der Waals surface area contributed by atoms with Crippen molar-refractivity contribution in [3.8, 4) is 0 Å². The Hall–Kier alpha value is -4.19. The average molecular weight is 603 g/mol. The summed E-state index contributed by atoms with van der Waals surface area (Å²) in [6.07, 6.45) is -11.3. The van der Waals surface area contributed by atoms with Gasteiger partial charge in [-0.25, -0.2) is 4.79 Å². The second kappa shape index (κ2) is 16.3. The Kier molecular flexibility index (Phi) is 13.2. The van der Waals surface area contributed by atoms with Crippen LogP contribution >= 0.6 is 0 Å². The molecule has 0 aromatic carbocycles. The van der Waals surface area contributed by atoms with Gasteiger partial charge in [0.2, 0.25) is 0 Å². The van der Waals surface area contributed by atoms with Crippen molar-refractivity contribution in [1.82, 2.24) is 0 Å². The molecule has 0 radical (unpaired) electrons. The molecule has 0 bridgehead atoms. The average Bonchev–Trinajstić information content (AvgIpc) is 3.22. The number of rotatable bonds is 13. The number of hydrogen-bond acceptors (Lipinski definition) is 16. The predicted octanol–water partition coefficient (Wildman–Crippen LogP) is 0.358. The van der Waals surface area contributed by atoms with Crippen LogP contribution in [0.2, 0.25) is 0 Å². The zero-order valence-electron chi connectivity index (χ0n) is 23.2. The van der Waals surface area contributed by atoms with E-state index < -0.39 is 105 Å². The van der Waals surface area contributed by atoms with E-state index in [0.717, 1.165) is 34.8 Å². The Labute approximate surface area is 237 Å². The number of ether oxygens (including phenoxy) is 9. The Morgan fingerprint density at radius 2 is 1.36 bits per heavy atom. The summed E-state index contributed by atoms with van der Waals surface area (Å²) in [5.41, 5.74) is 18.2. The molecule has 42 heavy (non-hydrogen) atoms. The van der Waals surface area contributed by atoms with Crippen molar-refractivity contribution in [2.45, 2.75) is 82.9 Å². The fourth-order valence-corrected chi connectivity index (χ4v) is 4.11. The number of carbonyl (C=O) groups is 5. The summed E-state index contributed by atoms with van der Waals surface area (Å²) in [5, 5.41) is 7.05. The Morgan fingerprint density at radius 3 is 1.90 bits per heavy atom. The molecule has 0 N–H and O–H groups in total. The molecule has 0 aromatic rings. The first kappa shape index (κ1) is 34.0. The summed E-state index contributed by atoms with van der Waals surface area (Å²) >= 11 is 0. The third kappa shape index (κ3) is 9.72. The van der Waals surface area contributed by atoms with Gasteiger partial charge in [-0.2, -0.15) is 0 Å². The van der Waals surface area contributed by atoms with Crippen LogP contribution in [-0.4, -0.2) is 112 Å².